The number of hydrogen-bond donors (Lipinski definition) is 2. The molecule has 0 bridgehead atoms. The van der Waals surface area contributed by atoms with Gasteiger partial charge < -0.3 is 0 Å². The Balaban J connectivity index is 2.68. The minimum absolute atomic E-state index is 0.580. The van der Waals surface area contributed by atoms with Crippen molar-refractivity contribution < 1.29 is 33.1 Å². The summed E-state index contributed by atoms with van der Waals surface area (Å²) in [6, 6.07) is 0. The van der Waals surface area contributed by atoms with Crippen LogP contribution in [0.25, 0.3) is 0 Å². The van der Waals surface area contributed by atoms with Crippen molar-refractivity contribution in [2.75, 3.05) is 0 Å². The summed E-state index contributed by atoms with van der Waals surface area (Å²) in [6.45, 7) is 0. The van der Waals surface area contributed by atoms with E-state index in [4.69, 9.17) is 0 Å². The number of amides is 2. The van der Waals surface area contributed by atoms with Crippen molar-refractivity contribution in [3.05, 3.63) is 0 Å². The predicted octanol–water partition coefficient (Wildman–Crippen LogP) is -1.61. The number of nitrogens with one attached hydrogen (secondary N) is 2. The van der Waals surface area contributed by atoms with Crippen molar-refractivity contribution in [1.29, 1.82) is 0 Å². The van der Waals surface area contributed by atoms with Gasteiger partial charge in [-0.15, -0.1) is 0 Å². The molecule has 2 N–H and O–H groups in total. The van der Waals surface area contributed by atoms with Crippen LogP contribution >= 0.6 is 0 Å². The van der Waals surface area contributed by atoms with Crippen LogP contribution in [0.5, 0.6) is 0 Å². The van der Waals surface area contributed by atoms with Gasteiger partial charge in [-0.05, 0) is 0 Å². The Morgan fingerprint density at radius 2 is 1.57 bits per heavy atom. The Bertz CT molecular complexity index is 58.7. The molecule has 0 atom stereocenters. The zero-order chi connectivity index (χ0) is 5.54. The molecule has 0 saturated carbocycles. The predicted molar refractivity (Wildman–Crippen MR) is 18.4 cm³/mol. The van der Waals surface area contributed by atoms with E-state index >= 15 is 0 Å². The number of rotatable bonds is 4. The first-order chi connectivity index (χ1) is 3.41. The zero-order valence-electron chi connectivity index (χ0n) is 3.55. The maximum absolute atomic E-state index is 9.45. The summed E-state index contributed by atoms with van der Waals surface area (Å²) in [4.78, 5) is 18.9. The van der Waals surface area contributed by atoms with Gasteiger partial charge in [0.1, 0.15) is 0 Å². The van der Waals surface area contributed by atoms with Gasteiger partial charge >= 0.3 is 52.5 Å². The van der Waals surface area contributed by atoms with Gasteiger partial charge in [0.15, 0.2) is 0 Å². The summed E-state index contributed by atoms with van der Waals surface area (Å²) < 4.78 is 4.76. The molecule has 0 aliphatic rings. The van der Waals surface area contributed by atoms with Gasteiger partial charge in [-0.2, -0.15) is 0 Å². The molecule has 0 aromatic heterocycles. The molecular formula is C2H4N2O2Sc. The number of carbonyl (C=O) groups is 2. The molecule has 0 radical (unpaired) electrons. The second-order valence-corrected chi connectivity index (χ2v) is 2.21. The van der Waals surface area contributed by atoms with Crippen LogP contribution in [-0.2, 0) is 33.1 Å². The third-order valence-corrected chi connectivity index (χ3v) is 1.25. The molecule has 0 saturated heterocycles. The molecule has 0 aliphatic carbocycles. The van der Waals surface area contributed by atoms with Gasteiger partial charge in [-0.1, -0.05) is 0 Å². The Morgan fingerprint density at radius 3 is 1.86 bits per heavy atom. The third kappa shape index (κ3) is 5.81. The molecule has 5 heteroatoms. The van der Waals surface area contributed by atoms with E-state index in [-0.39, 0.29) is 0 Å². The van der Waals surface area contributed by atoms with Crippen LogP contribution in [0.1, 0.15) is 0 Å². The molecule has 0 fully saturated rings. The quantitative estimate of drug-likeness (QED) is 0.358. The molecule has 0 aliphatic heterocycles. The zero-order valence-corrected chi connectivity index (χ0v) is 5.35. The Labute approximate surface area is 52.8 Å². The molecule has 0 heterocycles. The summed E-state index contributed by atoms with van der Waals surface area (Å²) in [5.41, 5.74) is 0. The van der Waals surface area contributed by atoms with E-state index in [1.54, 1.807) is 0 Å². The second-order valence-electron chi connectivity index (χ2n) is 0.713. The molecule has 2 amide bonds. The fraction of sp³-hybridized carbons (Fsp3) is 0. The fourth-order valence-corrected chi connectivity index (χ4v) is 0.479. The first-order valence-corrected chi connectivity index (χ1v) is 3.43. The van der Waals surface area contributed by atoms with Crippen LogP contribution in [0.3, 0.4) is 0 Å². The van der Waals surface area contributed by atoms with Gasteiger partial charge in [0.2, 0.25) is 0 Å². The van der Waals surface area contributed by atoms with Crippen molar-refractivity contribution in [2.24, 2.45) is 0 Å². The first-order valence-electron chi connectivity index (χ1n) is 1.63. The van der Waals surface area contributed by atoms with Crippen LogP contribution in [0, 0.1) is 0 Å². The van der Waals surface area contributed by atoms with E-state index in [1.165, 1.54) is 0 Å². The molecular weight excluding hydrogens is 129 g/mol. The number of hydrogen-bond acceptors (Lipinski definition) is 2. The van der Waals surface area contributed by atoms with Crippen LogP contribution in [0.2, 0.25) is 0 Å². The van der Waals surface area contributed by atoms with Crippen LogP contribution in [0.15, 0.2) is 0 Å². The summed E-state index contributed by atoms with van der Waals surface area (Å²) in [6.07, 6.45) is 1.16. The van der Waals surface area contributed by atoms with Gasteiger partial charge in [-0.3, -0.25) is 0 Å². The number of carbonyl (C=O) groups excluding carboxylic acids is 2. The van der Waals surface area contributed by atoms with Gasteiger partial charge in [0, 0.05) is 0 Å². The van der Waals surface area contributed by atoms with E-state index in [1.807, 2.05) is 0 Å². The maximum atomic E-state index is 9.45. The van der Waals surface area contributed by atoms with Crippen molar-refractivity contribution in [3.8, 4) is 0 Å². The van der Waals surface area contributed by atoms with E-state index in [2.05, 4.69) is 6.61 Å². The van der Waals surface area contributed by atoms with Crippen molar-refractivity contribution in [1.82, 2.24) is 6.61 Å². The average Bonchev–Trinajstić information content (AvgIpc) is 1.69. The second kappa shape index (κ2) is 5.81. The molecule has 0 rings (SSSR count). The topological polar surface area (TPSA) is 58.2 Å². The SMILES string of the molecule is O=C[NH][Sc][NH]C=O. The van der Waals surface area contributed by atoms with Gasteiger partial charge in [-0.25, -0.2) is 0 Å². The molecule has 0 aromatic carbocycles. The van der Waals surface area contributed by atoms with Crippen LogP contribution in [0.4, 0.5) is 0 Å². The summed E-state index contributed by atoms with van der Waals surface area (Å²) in [5.74, 6) is 0. The molecule has 4 nitrogen and oxygen atoms in total. The first kappa shape index (κ1) is 6.81. The molecule has 37 valence electrons. The molecule has 0 unspecified atom stereocenters. The Kier molecular flexibility index (Phi) is 5.65. The van der Waals surface area contributed by atoms with Crippen molar-refractivity contribution in [2.45, 2.75) is 0 Å². The fourth-order valence-electron chi connectivity index (χ4n) is 0.116. The minimum atomic E-state index is -0.953. The van der Waals surface area contributed by atoms with Crippen molar-refractivity contribution in [3.63, 3.8) is 0 Å². The van der Waals surface area contributed by atoms with Gasteiger partial charge in [0.05, 0.1) is 0 Å². The van der Waals surface area contributed by atoms with E-state index < -0.39 is 23.5 Å². The van der Waals surface area contributed by atoms with E-state index in [0.717, 1.165) is 0 Å². The Hall–Kier alpha value is -0.190. The summed E-state index contributed by atoms with van der Waals surface area (Å²) in [5, 5.41) is 0. The Morgan fingerprint density at radius 1 is 1.14 bits per heavy atom. The molecule has 0 spiro atoms. The van der Waals surface area contributed by atoms with E-state index in [0.29, 0.717) is 12.8 Å². The average molecular weight is 133 g/mol. The van der Waals surface area contributed by atoms with E-state index in [9.17, 15) is 9.59 Å². The normalized spacial score (nSPS) is 5.71. The standard InChI is InChI=1S/2CH3NO.Sc/c2*2-1-3;/h2*1H,(H2,2,3);/q;;+2/p-2. The van der Waals surface area contributed by atoms with Crippen molar-refractivity contribution >= 4 is 12.8 Å². The summed E-state index contributed by atoms with van der Waals surface area (Å²) >= 11 is -0.953. The molecule has 0 aromatic rings. The van der Waals surface area contributed by atoms with Crippen LogP contribution in [-0.4, -0.2) is 12.8 Å². The molecule has 7 heavy (non-hydrogen) atoms. The van der Waals surface area contributed by atoms with Gasteiger partial charge in [0.25, 0.3) is 0 Å². The monoisotopic (exact) mass is 133 g/mol. The third-order valence-electron chi connectivity index (χ3n) is 0.303. The van der Waals surface area contributed by atoms with Crippen LogP contribution < -0.4 is 6.61 Å². The summed E-state index contributed by atoms with van der Waals surface area (Å²) in [7, 11) is 0.